The van der Waals surface area contributed by atoms with Crippen molar-refractivity contribution in [2.75, 3.05) is 4.90 Å². The Kier molecular flexibility index (Phi) is 6.14. The first-order valence-electron chi connectivity index (χ1n) is 10.6. The van der Waals surface area contributed by atoms with Gasteiger partial charge >= 0.3 is 10.8 Å². The molecule has 0 radical (unpaired) electrons. The first kappa shape index (κ1) is 21.8. The zero-order chi connectivity index (χ0) is 22.8. The minimum absolute atomic E-state index is 0.0127. The fraction of sp³-hybridized carbons (Fsp3) is 0.292. The number of benzene rings is 2. The number of aromatic nitrogens is 1. The topological polar surface area (TPSA) is 111 Å². The summed E-state index contributed by atoms with van der Waals surface area (Å²) in [6.07, 6.45) is 3.17. The summed E-state index contributed by atoms with van der Waals surface area (Å²) in [7, 11) is 0. The number of hydrogen-bond acceptors (Lipinski definition) is 5. The average Bonchev–Trinajstić information content (AvgIpc) is 3.06. The van der Waals surface area contributed by atoms with Gasteiger partial charge in [-0.25, -0.2) is 4.79 Å². The van der Waals surface area contributed by atoms with Gasteiger partial charge in [0.1, 0.15) is 0 Å². The van der Waals surface area contributed by atoms with Crippen LogP contribution in [0.2, 0.25) is 0 Å². The smallest absolute Gasteiger partial charge is 0.335 e. The molecule has 1 aliphatic rings. The molecule has 2 aromatic carbocycles. The normalized spacial score (nSPS) is 16.0. The van der Waals surface area contributed by atoms with Gasteiger partial charge in [-0.05, 0) is 48.1 Å². The molecule has 166 valence electrons. The van der Waals surface area contributed by atoms with Gasteiger partial charge in [0.2, 0.25) is 11.8 Å². The summed E-state index contributed by atoms with van der Waals surface area (Å²) in [5.41, 5.74) is 3.35. The minimum atomic E-state index is -1.02. The highest BCUT2D eigenvalue weighted by molar-refractivity contribution is 7.13. The van der Waals surface area contributed by atoms with E-state index in [2.05, 4.69) is 11.9 Å². The van der Waals surface area contributed by atoms with E-state index in [1.54, 1.807) is 29.2 Å². The van der Waals surface area contributed by atoms with E-state index in [0.717, 1.165) is 48.1 Å². The number of aromatic hydroxyl groups is 1. The van der Waals surface area contributed by atoms with E-state index >= 15 is 0 Å². The van der Waals surface area contributed by atoms with E-state index in [-0.39, 0.29) is 28.1 Å². The van der Waals surface area contributed by atoms with Crippen LogP contribution in [0.4, 0.5) is 5.69 Å². The highest BCUT2D eigenvalue weighted by Gasteiger charge is 2.30. The molecule has 0 bridgehead atoms. The maximum absolute atomic E-state index is 13.4. The molecule has 2 heterocycles. The van der Waals surface area contributed by atoms with Gasteiger partial charge in [-0.3, -0.25) is 14.6 Å². The van der Waals surface area contributed by atoms with Crippen LogP contribution in [0.15, 0.2) is 47.3 Å². The monoisotopic (exact) mass is 452 g/mol. The Hall–Kier alpha value is -3.39. The second-order valence-corrected chi connectivity index (χ2v) is 8.97. The third kappa shape index (κ3) is 4.31. The largest absolute Gasteiger partial charge is 0.493 e. The molecule has 3 N–H and O–H groups in total. The number of carboxylic acids is 1. The van der Waals surface area contributed by atoms with Crippen LogP contribution in [-0.4, -0.2) is 27.1 Å². The van der Waals surface area contributed by atoms with Crippen LogP contribution in [0.1, 0.15) is 47.7 Å². The maximum atomic E-state index is 13.4. The number of amides is 1. The highest BCUT2D eigenvalue weighted by atomic mass is 32.1. The van der Waals surface area contributed by atoms with Crippen molar-refractivity contribution in [1.29, 1.82) is 0 Å². The van der Waals surface area contributed by atoms with Crippen LogP contribution in [-0.2, 0) is 17.8 Å². The SMILES string of the molecule is CCCC1CCc2ccc(C(=O)O)cc2N(Cc2ccc(-c3sc(=O)[nH]c3O)cc2)C1=O. The second-order valence-electron chi connectivity index (χ2n) is 7.99. The second kappa shape index (κ2) is 9.00. The fourth-order valence-electron chi connectivity index (χ4n) is 4.19. The number of carbonyl (C=O) groups excluding carboxylic acids is 1. The molecule has 1 aliphatic heterocycles. The molecule has 0 saturated carbocycles. The van der Waals surface area contributed by atoms with E-state index in [1.165, 1.54) is 0 Å². The summed E-state index contributed by atoms with van der Waals surface area (Å²) in [5, 5.41) is 19.3. The quantitative estimate of drug-likeness (QED) is 0.513. The number of aromatic carboxylic acids is 1. The van der Waals surface area contributed by atoms with Crippen LogP contribution in [0.25, 0.3) is 10.4 Å². The summed E-state index contributed by atoms with van der Waals surface area (Å²) >= 11 is 0.932. The minimum Gasteiger partial charge on any atom is -0.493 e. The first-order chi connectivity index (χ1) is 15.4. The van der Waals surface area contributed by atoms with Gasteiger partial charge in [0.15, 0.2) is 0 Å². The summed E-state index contributed by atoms with van der Waals surface area (Å²) in [5.74, 6) is -1.27. The highest BCUT2D eigenvalue weighted by Crippen LogP contribution is 2.34. The van der Waals surface area contributed by atoms with Crippen molar-refractivity contribution in [3.8, 4) is 16.3 Å². The molecule has 4 rings (SSSR count). The molecule has 7 nitrogen and oxygen atoms in total. The molecule has 0 spiro atoms. The lowest BCUT2D eigenvalue weighted by Gasteiger charge is -2.26. The molecule has 1 unspecified atom stereocenters. The van der Waals surface area contributed by atoms with Crippen molar-refractivity contribution in [2.24, 2.45) is 5.92 Å². The van der Waals surface area contributed by atoms with Crippen LogP contribution in [0, 0.1) is 5.92 Å². The van der Waals surface area contributed by atoms with Gasteiger partial charge in [-0.2, -0.15) is 0 Å². The lowest BCUT2D eigenvalue weighted by Crippen LogP contribution is -2.35. The number of anilines is 1. The average molecular weight is 453 g/mol. The first-order valence-corrected chi connectivity index (χ1v) is 11.4. The molecule has 1 amide bonds. The fourth-order valence-corrected chi connectivity index (χ4v) is 4.93. The number of carboxylic acid groups (broad SMARTS) is 1. The van der Waals surface area contributed by atoms with Gasteiger partial charge < -0.3 is 15.1 Å². The van der Waals surface area contributed by atoms with Crippen LogP contribution >= 0.6 is 11.3 Å². The van der Waals surface area contributed by atoms with Gasteiger partial charge in [-0.15, -0.1) is 0 Å². The molecule has 32 heavy (non-hydrogen) atoms. The van der Waals surface area contributed by atoms with Crippen LogP contribution in [0.5, 0.6) is 5.88 Å². The van der Waals surface area contributed by atoms with Gasteiger partial charge in [0.05, 0.1) is 17.0 Å². The Balaban J connectivity index is 1.69. The zero-order valence-corrected chi connectivity index (χ0v) is 18.4. The Morgan fingerprint density at radius 3 is 2.56 bits per heavy atom. The number of nitrogens with one attached hydrogen (secondary N) is 1. The Labute approximate surface area is 189 Å². The Morgan fingerprint density at radius 2 is 1.94 bits per heavy atom. The van der Waals surface area contributed by atoms with Gasteiger partial charge in [0, 0.05) is 11.6 Å². The molecule has 0 aliphatic carbocycles. The number of aromatic amines is 1. The number of H-pyrrole nitrogens is 1. The summed E-state index contributed by atoms with van der Waals surface area (Å²) < 4.78 is 0. The van der Waals surface area contributed by atoms with Crippen molar-refractivity contribution in [2.45, 2.75) is 39.2 Å². The lowest BCUT2D eigenvalue weighted by molar-refractivity contribution is -0.122. The summed E-state index contributed by atoms with van der Waals surface area (Å²) in [4.78, 5) is 40.6. The number of rotatable bonds is 6. The van der Waals surface area contributed by atoms with Crippen LogP contribution in [0.3, 0.4) is 0 Å². The number of aryl methyl sites for hydroxylation is 1. The molecule has 0 fully saturated rings. The predicted molar refractivity (Wildman–Crippen MR) is 123 cm³/mol. The summed E-state index contributed by atoms with van der Waals surface area (Å²) in [6.45, 7) is 2.37. The predicted octanol–water partition coefficient (Wildman–Crippen LogP) is 4.40. The lowest BCUT2D eigenvalue weighted by atomic mass is 9.96. The number of carbonyl (C=O) groups is 2. The van der Waals surface area contributed by atoms with E-state index < -0.39 is 5.97 Å². The van der Waals surface area contributed by atoms with Crippen molar-refractivity contribution in [3.05, 3.63) is 68.8 Å². The third-order valence-corrected chi connectivity index (χ3v) is 6.75. The maximum Gasteiger partial charge on any atom is 0.335 e. The molecule has 1 atom stereocenters. The number of thiazole rings is 1. The van der Waals surface area contributed by atoms with Crippen molar-refractivity contribution in [1.82, 2.24) is 4.98 Å². The number of hydrogen-bond donors (Lipinski definition) is 3. The zero-order valence-electron chi connectivity index (χ0n) is 17.6. The Morgan fingerprint density at radius 1 is 1.19 bits per heavy atom. The molecule has 1 aromatic heterocycles. The molecule has 8 heteroatoms. The van der Waals surface area contributed by atoms with Crippen molar-refractivity contribution in [3.63, 3.8) is 0 Å². The van der Waals surface area contributed by atoms with Crippen LogP contribution < -0.4 is 9.77 Å². The van der Waals surface area contributed by atoms with E-state index in [9.17, 15) is 24.6 Å². The molecule has 3 aromatic rings. The molecular formula is C24H24N2O5S. The standard InChI is InChI=1S/C24H24N2O5S/c1-2-3-17-10-8-15-9-11-18(23(29)30)12-19(15)26(22(17)28)13-14-4-6-16(7-5-14)20-21(27)25-24(31)32-20/h4-7,9,11-12,17,27H,2-3,8,10,13H2,1H3,(H,25,31)(H,29,30). The third-order valence-electron chi connectivity index (χ3n) is 5.82. The molecular weight excluding hydrogens is 428 g/mol. The molecule has 0 saturated heterocycles. The van der Waals surface area contributed by atoms with E-state index in [0.29, 0.717) is 22.7 Å². The van der Waals surface area contributed by atoms with E-state index in [1.807, 2.05) is 18.2 Å². The van der Waals surface area contributed by atoms with Crippen molar-refractivity contribution < 1.29 is 19.8 Å². The van der Waals surface area contributed by atoms with Gasteiger partial charge in [0.25, 0.3) is 0 Å². The Bertz CT molecular complexity index is 1210. The van der Waals surface area contributed by atoms with Gasteiger partial charge in [-0.1, -0.05) is 55.0 Å². The number of nitrogens with zero attached hydrogens (tertiary/aromatic N) is 1. The summed E-state index contributed by atoms with van der Waals surface area (Å²) in [6, 6.07) is 12.3. The van der Waals surface area contributed by atoms with E-state index in [4.69, 9.17) is 0 Å². The van der Waals surface area contributed by atoms with Crippen molar-refractivity contribution >= 4 is 28.9 Å². The number of fused-ring (bicyclic) bond motifs is 1.